The minimum atomic E-state index is -3.11. The third-order valence-corrected chi connectivity index (χ3v) is 5.48. The number of rotatable bonds is 7. The molecule has 0 unspecified atom stereocenters. The quantitative estimate of drug-likeness (QED) is 0.829. The summed E-state index contributed by atoms with van der Waals surface area (Å²) in [5.41, 5.74) is 0.957. The summed E-state index contributed by atoms with van der Waals surface area (Å²) in [6.45, 7) is 7.28. The molecule has 0 amide bonds. The van der Waals surface area contributed by atoms with Gasteiger partial charge in [0.15, 0.2) is 9.84 Å². The number of hydrogen-bond acceptors (Lipinski definition) is 5. The topological polar surface area (TPSA) is 58.6 Å². The lowest BCUT2D eigenvalue weighted by molar-refractivity contribution is 0.0398. The van der Waals surface area contributed by atoms with Crippen LogP contribution in [0.15, 0.2) is 29.2 Å². The molecule has 0 bridgehead atoms. The lowest BCUT2D eigenvalue weighted by atomic mass is 10.3. The maximum atomic E-state index is 11.9. The zero-order valence-corrected chi connectivity index (χ0v) is 13.4. The van der Waals surface area contributed by atoms with Gasteiger partial charge >= 0.3 is 0 Å². The fourth-order valence-electron chi connectivity index (χ4n) is 2.35. The zero-order valence-electron chi connectivity index (χ0n) is 12.5. The Bertz CT molecular complexity index is 522. The Hall–Kier alpha value is -1.11. The Kier molecular flexibility index (Phi) is 6.02. The van der Waals surface area contributed by atoms with E-state index in [2.05, 4.69) is 10.2 Å². The zero-order chi connectivity index (χ0) is 15.1. The molecule has 1 N–H and O–H groups in total. The largest absolute Gasteiger partial charge is 0.384 e. The molecule has 0 aromatic heterocycles. The van der Waals surface area contributed by atoms with E-state index in [1.54, 1.807) is 12.1 Å². The van der Waals surface area contributed by atoms with Crippen LogP contribution in [0.4, 0.5) is 5.69 Å². The van der Waals surface area contributed by atoms with Gasteiger partial charge in [-0.3, -0.25) is 4.90 Å². The van der Waals surface area contributed by atoms with Crippen LogP contribution >= 0.6 is 0 Å². The van der Waals surface area contributed by atoms with E-state index in [9.17, 15) is 8.42 Å². The van der Waals surface area contributed by atoms with Gasteiger partial charge in [0.25, 0.3) is 0 Å². The molecule has 1 aliphatic heterocycles. The standard InChI is InChI=1S/C15H24N2O3S/c1-2-13-21(18,19)15-5-3-14(4-6-15)16-7-8-17-9-11-20-12-10-17/h3-6,16H,2,7-13H2,1H3. The molecule has 0 saturated carbocycles. The van der Waals surface area contributed by atoms with Crippen LogP contribution in [0.2, 0.25) is 0 Å². The van der Waals surface area contributed by atoms with E-state index in [4.69, 9.17) is 4.74 Å². The number of sulfone groups is 1. The van der Waals surface area contributed by atoms with Gasteiger partial charge in [0.2, 0.25) is 0 Å². The predicted molar refractivity (Wildman–Crippen MR) is 84.5 cm³/mol. The molecule has 1 aliphatic rings. The van der Waals surface area contributed by atoms with E-state index in [1.807, 2.05) is 19.1 Å². The van der Waals surface area contributed by atoms with Crippen molar-refractivity contribution in [3.8, 4) is 0 Å². The second-order valence-corrected chi connectivity index (χ2v) is 7.33. The fourth-order valence-corrected chi connectivity index (χ4v) is 3.67. The average molecular weight is 312 g/mol. The van der Waals surface area contributed by atoms with Crippen molar-refractivity contribution >= 4 is 15.5 Å². The molecule has 1 aromatic rings. The van der Waals surface area contributed by atoms with Crippen LogP contribution in [0.1, 0.15) is 13.3 Å². The summed E-state index contributed by atoms with van der Waals surface area (Å²) in [5, 5.41) is 3.33. The van der Waals surface area contributed by atoms with Crippen molar-refractivity contribution in [1.29, 1.82) is 0 Å². The SMILES string of the molecule is CCCS(=O)(=O)c1ccc(NCCN2CCOCC2)cc1. The number of nitrogens with zero attached hydrogens (tertiary/aromatic N) is 1. The van der Waals surface area contributed by atoms with Gasteiger partial charge in [-0.1, -0.05) is 6.92 Å². The highest BCUT2D eigenvalue weighted by atomic mass is 32.2. The van der Waals surface area contributed by atoms with Crippen LogP contribution in [-0.4, -0.2) is 58.5 Å². The van der Waals surface area contributed by atoms with Crippen molar-refractivity contribution in [2.24, 2.45) is 0 Å². The summed E-state index contributed by atoms with van der Waals surface area (Å²) in [7, 11) is -3.11. The third kappa shape index (κ3) is 4.98. The first-order valence-corrected chi connectivity index (χ1v) is 9.14. The Morgan fingerprint density at radius 2 is 1.86 bits per heavy atom. The average Bonchev–Trinajstić information content (AvgIpc) is 2.49. The highest BCUT2D eigenvalue weighted by Gasteiger charge is 2.12. The number of nitrogens with one attached hydrogen (secondary N) is 1. The molecule has 1 heterocycles. The van der Waals surface area contributed by atoms with Crippen molar-refractivity contribution in [2.45, 2.75) is 18.2 Å². The van der Waals surface area contributed by atoms with Gasteiger partial charge in [0, 0.05) is 31.9 Å². The molecule has 1 saturated heterocycles. The number of ether oxygens (including phenoxy) is 1. The maximum Gasteiger partial charge on any atom is 0.178 e. The van der Waals surface area contributed by atoms with E-state index in [-0.39, 0.29) is 5.75 Å². The highest BCUT2D eigenvalue weighted by Crippen LogP contribution is 2.16. The fraction of sp³-hybridized carbons (Fsp3) is 0.600. The van der Waals surface area contributed by atoms with Crippen LogP contribution in [0, 0.1) is 0 Å². The number of anilines is 1. The van der Waals surface area contributed by atoms with Crippen LogP contribution in [0.3, 0.4) is 0 Å². The van der Waals surface area contributed by atoms with Gasteiger partial charge in [0.1, 0.15) is 0 Å². The van der Waals surface area contributed by atoms with Gasteiger partial charge in [0.05, 0.1) is 23.9 Å². The van der Waals surface area contributed by atoms with Gasteiger partial charge in [-0.05, 0) is 30.7 Å². The van der Waals surface area contributed by atoms with E-state index in [1.165, 1.54) is 0 Å². The van der Waals surface area contributed by atoms with Crippen LogP contribution in [-0.2, 0) is 14.6 Å². The Morgan fingerprint density at radius 3 is 2.48 bits per heavy atom. The molecular weight excluding hydrogens is 288 g/mol. The molecule has 5 nitrogen and oxygen atoms in total. The third-order valence-electron chi connectivity index (χ3n) is 3.55. The summed E-state index contributed by atoms with van der Waals surface area (Å²) in [6, 6.07) is 7.04. The first-order chi connectivity index (χ1) is 10.1. The summed E-state index contributed by atoms with van der Waals surface area (Å²) >= 11 is 0. The van der Waals surface area contributed by atoms with Gasteiger partial charge in [-0.2, -0.15) is 0 Å². The van der Waals surface area contributed by atoms with Gasteiger partial charge in [-0.25, -0.2) is 8.42 Å². The van der Waals surface area contributed by atoms with Crippen molar-refractivity contribution < 1.29 is 13.2 Å². The van der Waals surface area contributed by atoms with E-state index in [0.29, 0.717) is 11.3 Å². The molecular formula is C15H24N2O3S. The molecule has 1 aromatic carbocycles. The van der Waals surface area contributed by atoms with Crippen molar-refractivity contribution in [1.82, 2.24) is 4.90 Å². The number of morpholine rings is 1. The Balaban J connectivity index is 1.82. The molecule has 1 fully saturated rings. The molecule has 2 rings (SSSR count). The van der Waals surface area contributed by atoms with E-state index < -0.39 is 9.84 Å². The monoisotopic (exact) mass is 312 g/mol. The van der Waals surface area contributed by atoms with Crippen molar-refractivity contribution in [3.05, 3.63) is 24.3 Å². The summed E-state index contributed by atoms with van der Waals surface area (Å²) in [6.07, 6.45) is 0.641. The number of benzene rings is 1. The molecule has 6 heteroatoms. The van der Waals surface area contributed by atoms with Gasteiger partial charge in [-0.15, -0.1) is 0 Å². The summed E-state index contributed by atoms with van der Waals surface area (Å²) in [4.78, 5) is 2.76. The Morgan fingerprint density at radius 1 is 1.19 bits per heavy atom. The van der Waals surface area contributed by atoms with Crippen LogP contribution in [0.25, 0.3) is 0 Å². The molecule has 118 valence electrons. The molecule has 0 aliphatic carbocycles. The first-order valence-electron chi connectivity index (χ1n) is 7.48. The molecule has 21 heavy (non-hydrogen) atoms. The second-order valence-electron chi connectivity index (χ2n) is 5.22. The van der Waals surface area contributed by atoms with E-state index in [0.717, 1.165) is 45.1 Å². The van der Waals surface area contributed by atoms with Crippen molar-refractivity contribution in [3.63, 3.8) is 0 Å². The molecule has 0 radical (unpaired) electrons. The lowest BCUT2D eigenvalue weighted by Crippen LogP contribution is -2.38. The summed E-state index contributed by atoms with van der Waals surface area (Å²) < 4.78 is 29.2. The second kappa shape index (κ2) is 7.77. The first kappa shape index (κ1) is 16.3. The van der Waals surface area contributed by atoms with Crippen molar-refractivity contribution in [2.75, 3.05) is 50.5 Å². The van der Waals surface area contributed by atoms with Crippen LogP contribution < -0.4 is 5.32 Å². The lowest BCUT2D eigenvalue weighted by Gasteiger charge is -2.26. The van der Waals surface area contributed by atoms with Crippen LogP contribution in [0.5, 0.6) is 0 Å². The van der Waals surface area contributed by atoms with E-state index >= 15 is 0 Å². The predicted octanol–water partition coefficient (Wildman–Crippen LogP) is 1.61. The minimum absolute atomic E-state index is 0.205. The molecule has 0 atom stereocenters. The highest BCUT2D eigenvalue weighted by molar-refractivity contribution is 7.91. The normalized spacial score (nSPS) is 16.8. The smallest absolute Gasteiger partial charge is 0.178 e. The minimum Gasteiger partial charge on any atom is -0.384 e. The maximum absolute atomic E-state index is 11.9. The summed E-state index contributed by atoms with van der Waals surface area (Å²) in [5.74, 6) is 0.205. The molecule has 0 spiro atoms. The number of hydrogen-bond donors (Lipinski definition) is 1. The Labute approximate surface area is 127 Å². The van der Waals surface area contributed by atoms with Gasteiger partial charge < -0.3 is 10.1 Å².